The predicted octanol–water partition coefficient (Wildman–Crippen LogP) is 5.85. The highest BCUT2D eigenvalue weighted by molar-refractivity contribution is 6.31. The Morgan fingerprint density at radius 3 is 2.77 bits per heavy atom. The summed E-state index contributed by atoms with van der Waals surface area (Å²) < 4.78 is 0. The Morgan fingerprint density at radius 1 is 1.00 bits per heavy atom. The molecule has 134 valence electrons. The number of benzene rings is 2. The van der Waals surface area contributed by atoms with Gasteiger partial charge in [0.2, 0.25) is 0 Å². The number of hydrogen-bond acceptors (Lipinski definition) is 1. The average Bonchev–Trinajstić information content (AvgIpc) is 3.09. The van der Waals surface area contributed by atoms with Crippen molar-refractivity contribution >= 4 is 22.5 Å². The molecular formula is C23H25ClN2. The first-order chi connectivity index (χ1) is 12.8. The van der Waals surface area contributed by atoms with Crippen LogP contribution in [0.1, 0.15) is 36.3 Å². The van der Waals surface area contributed by atoms with Gasteiger partial charge in [-0.15, -0.1) is 0 Å². The van der Waals surface area contributed by atoms with E-state index in [1.54, 1.807) is 0 Å². The van der Waals surface area contributed by atoms with E-state index < -0.39 is 0 Å². The van der Waals surface area contributed by atoms with Gasteiger partial charge in [-0.05, 0) is 42.5 Å². The van der Waals surface area contributed by atoms with Gasteiger partial charge < -0.3 is 10.3 Å². The van der Waals surface area contributed by atoms with E-state index in [1.807, 2.05) is 12.1 Å². The maximum Gasteiger partial charge on any atom is 0.0456 e. The van der Waals surface area contributed by atoms with E-state index in [4.69, 9.17) is 11.6 Å². The standard InChI is InChI=1S/C23H25ClN2/c24-21-12-4-2-10-19(21)20-11-7-15-25-23(20)14-5-1-8-17-16-26-22-13-6-3-9-18(17)22/h2-4,6-7,9-13,16,20,23,25-26H,1,5,8,14-15H2. The monoisotopic (exact) mass is 364 g/mol. The van der Waals surface area contributed by atoms with Crippen molar-refractivity contribution in [1.82, 2.24) is 10.3 Å². The molecule has 1 aliphatic heterocycles. The molecule has 3 aromatic rings. The molecule has 2 N–H and O–H groups in total. The minimum absolute atomic E-state index is 0.366. The van der Waals surface area contributed by atoms with Crippen LogP contribution >= 0.6 is 11.6 Å². The first kappa shape index (κ1) is 17.4. The van der Waals surface area contributed by atoms with Crippen molar-refractivity contribution in [3.8, 4) is 0 Å². The van der Waals surface area contributed by atoms with Crippen LogP contribution in [-0.4, -0.2) is 17.6 Å². The van der Waals surface area contributed by atoms with Crippen molar-refractivity contribution in [2.24, 2.45) is 0 Å². The largest absolute Gasteiger partial charge is 0.361 e. The number of hydrogen-bond donors (Lipinski definition) is 2. The summed E-state index contributed by atoms with van der Waals surface area (Å²) in [4.78, 5) is 3.38. The van der Waals surface area contributed by atoms with Crippen molar-refractivity contribution in [3.05, 3.63) is 83.0 Å². The summed E-state index contributed by atoms with van der Waals surface area (Å²) in [5, 5.41) is 5.90. The number of para-hydroxylation sites is 1. The topological polar surface area (TPSA) is 27.8 Å². The quantitative estimate of drug-likeness (QED) is 0.417. The number of fused-ring (bicyclic) bond motifs is 1. The summed E-state index contributed by atoms with van der Waals surface area (Å²) in [6.45, 7) is 0.952. The van der Waals surface area contributed by atoms with Crippen LogP contribution in [0.4, 0.5) is 0 Å². The molecule has 0 saturated heterocycles. The van der Waals surface area contributed by atoms with E-state index in [1.165, 1.54) is 41.3 Å². The molecule has 3 heteroatoms. The number of halogens is 1. The van der Waals surface area contributed by atoms with Crippen LogP contribution in [0, 0.1) is 0 Å². The third-order valence-electron chi connectivity index (χ3n) is 5.43. The maximum atomic E-state index is 6.44. The van der Waals surface area contributed by atoms with E-state index in [2.05, 4.69) is 65.0 Å². The number of unbranched alkanes of at least 4 members (excludes halogenated alkanes) is 1. The van der Waals surface area contributed by atoms with Gasteiger partial charge in [0, 0.05) is 40.6 Å². The molecule has 0 saturated carbocycles. The normalized spacial score (nSPS) is 19.9. The fraction of sp³-hybridized carbons (Fsp3) is 0.304. The number of nitrogens with one attached hydrogen (secondary N) is 2. The Balaban J connectivity index is 1.36. The SMILES string of the molecule is Clc1ccccc1C1C=CCNC1CCCCc1c[nH]c2ccccc12. The van der Waals surface area contributed by atoms with Crippen molar-refractivity contribution in [2.45, 2.75) is 37.6 Å². The van der Waals surface area contributed by atoms with Crippen molar-refractivity contribution in [1.29, 1.82) is 0 Å². The van der Waals surface area contributed by atoms with Crippen molar-refractivity contribution < 1.29 is 0 Å². The van der Waals surface area contributed by atoms with Crippen LogP contribution in [0.5, 0.6) is 0 Å². The van der Waals surface area contributed by atoms with Gasteiger partial charge in [0.15, 0.2) is 0 Å². The second-order valence-corrected chi connectivity index (χ2v) is 7.50. The highest BCUT2D eigenvalue weighted by Gasteiger charge is 2.24. The number of aryl methyl sites for hydroxylation is 1. The first-order valence-corrected chi connectivity index (χ1v) is 9.90. The van der Waals surface area contributed by atoms with E-state index >= 15 is 0 Å². The summed E-state index contributed by atoms with van der Waals surface area (Å²) in [7, 11) is 0. The van der Waals surface area contributed by atoms with Crippen molar-refractivity contribution in [2.75, 3.05) is 6.54 Å². The molecule has 2 unspecified atom stereocenters. The summed E-state index contributed by atoms with van der Waals surface area (Å²) in [5.41, 5.74) is 3.90. The summed E-state index contributed by atoms with van der Waals surface area (Å²) in [5.74, 6) is 0.366. The lowest BCUT2D eigenvalue weighted by Gasteiger charge is -2.30. The Kier molecular flexibility index (Phi) is 5.42. The van der Waals surface area contributed by atoms with Gasteiger partial charge in [0.05, 0.1) is 0 Å². The van der Waals surface area contributed by atoms with Gasteiger partial charge >= 0.3 is 0 Å². The number of H-pyrrole nitrogens is 1. The van der Waals surface area contributed by atoms with Gasteiger partial charge in [0.25, 0.3) is 0 Å². The summed E-state index contributed by atoms with van der Waals surface area (Å²) in [6.07, 6.45) is 11.4. The fourth-order valence-corrected chi connectivity index (χ4v) is 4.32. The van der Waals surface area contributed by atoms with Crippen LogP contribution in [0.2, 0.25) is 5.02 Å². The number of rotatable bonds is 6. The molecule has 26 heavy (non-hydrogen) atoms. The van der Waals surface area contributed by atoms with Crippen LogP contribution in [-0.2, 0) is 6.42 Å². The molecule has 2 atom stereocenters. The average molecular weight is 365 g/mol. The van der Waals surface area contributed by atoms with E-state index in [-0.39, 0.29) is 0 Å². The summed E-state index contributed by atoms with van der Waals surface area (Å²) >= 11 is 6.44. The first-order valence-electron chi connectivity index (χ1n) is 9.52. The molecule has 0 bridgehead atoms. The predicted molar refractivity (Wildman–Crippen MR) is 111 cm³/mol. The lowest BCUT2D eigenvalue weighted by atomic mass is 9.86. The molecule has 4 rings (SSSR count). The third kappa shape index (κ3) is 3.72. The number of aromatic amines is 1. The van der Waals surface area contributed by atoms with Crippen LogP contribution < -0.4 is 5.32 Å². The van der Waals surface area contributed by atoms with Gasteiger partial charge in [0.1, 0.15) is 0 Å². The van der Waals surface area contributed by atoms with Gasteiger partial charge in [-0.1, -0.05) is 66.6 Å². The van der Waals surface area contributed by atoms with Crippen molar-refractivity contribution in [3.63, 3.8) is 0 Å². The van der Waals surface area contributed by atoms with E-state index in [0.29, 0.717) is 12.0 Å². The van der Waals surface area contributed by atoms with Crippen LogP contribution in [0.25, 0.3) is 10.9 Å². The Bertz CT molecular complexity index is 896. The zero-order chi connectivity index (χ0) is 17.8. The minimum atomic E-state index is 0.366. The molecule has 0 amide bonds. The Morgan fingerprint density at radius 2 is 1.85 bits per heavy atom. The lowest BCUT2D eigenvalue weighted by molar-refractivity contribution is 0.433. The second-order valence-electron chi connectivity index (χ2n) is 7.10. The molecule has 2 nitrogen and oxygen atoms in total. The molecule has 2 heterocycles. The molecular weight excluding hydrogens is 340 g/mol. The molecule has 0 aliphatic carbocycles. The highest BCUT2D eigenvalue weighted by atomic mass is 35.5. The van der Waals surface area contributed by atoms with Crippen LogP contribution in [0.15, 0.2) is 66.9 Å². The van der Waals surface area contributed by atoms with E-state index in [0.717, 1.165) is 18.0 Å². The van der Waals surface area contributed by atoms with Gasteiger partial charge in [-0.25, -0.2) is 0 Å². The second kappa shape index (κ2) is 8.11. The third-order valence-corrected chi connectivity index (χ3v) is 5.77. The zero-order valence-corrected chi connectivity index (χ0v) is 15.7. The number of aromatic nitrogens is 1. The molecule has 0 fully saturated rings. The summed E-state index contributed by atoms with van der Waals surface area (Å²) in [6, 6.07) is 17.2. The molecule has 1 aliphatic rings. The van der Waals surface area contributed by atoms with Gasteiger partial charge in [-0.3, -0.25) is 0 Å². The smallest absolute Gasteiger partial charge is 0.0456 e. The highest BCUT2D eigenvalue weighted by Crippen LogP contribution is 2.32. The molecule has 0 spiro atoms. The Hall–Kier alpha value is -2.03. The zero-order valence-electron chi connectivity index (χ0n) is 14.9. The molecule has 1 aromatic heterocycles. The molecule has 2 aromatic carbocycles. The molecule has 0 radical (unpaired) electrons. The maximum absolute atomic E-state index is 6.44. The van der Waals surface area contributed by atoms with E-state index in [9.17, 15) is 0 Å². The lowest BCUT2D eigenvalue weighted by Crippen LogP contribution is -2.37. The minimum Gasteiger partial charge on any atom is -0.361 e. The van der Waals surface area contributed by atoms with Crippen LogP contribution in [0.3, 0.4) is 0 Å². The van der Waals surface area contributed by atoms with Gasteiger partial charge in [-0.2, -0.15) is 0 Å². The Labute approximate surface area is 160 Å². The fourth-order valence-electron chi connectivity index (χ4n) is 4.06.